The molecule has 1 atom stereocenters. The van der Waals surface area contributed by atoms with Gasteiger partial charge < -0.3 is 5.32 Å². The summed E-state index contributed by atoms with van der Waals surface area (Å²) in [6, 6.07) is 9.95. The molecular weight excluding hydrogens is 182 g/mol. The zero-order valence-electron chi connectivity index (χ0n) is 7.53. The number of amides is 1. The summed E-state index contributed by atoms with van der Waals surface area (Å²) in [5, 5.41) is 2.49. The van der Waals surface area contributed by atoms with Crippen LogP contribution in [0.3, 0.4) is 0 Å². The van der Waals surface area contributed by atoms with E-state index < -0.39 is 0 Å². The van der Waals surface area contributed by atoms with Crippen LogP contribution in [0.15, 0.2) is 30.3 Å². The molecule has 1 N–H and O–H groups in total. The van der Waals surface area contributed by atoms with Crippen molar-refractivity contribution in [2.24, 2.45) is 0 Å². The maximum Gasteiger partial charge on any atom is 0.276 e. The van der Waals surface area contributed by atoms with Gasteiger partial charge in [-0.3, -0.25) is 4.79 Å². The van der Waals surface area contributed by atoms with E-state index >= 15 is 0 Å². The molecule has 0 aliphatic carbocycles. The van der Waals surface area contributed by atoms with Gasteiger partial charge in [-0.05, 0) is 12.0 Å². The summed E-state index contributed by atoms with van der Waals surface area (Å²) in [6.07, 6.45) is 0.871. The molecular formula is C10H13NOS. The maximum absolute atomic E-state index is 10.7. The fourth-order valence-corrected chi connectivity index (χ4v) is 1.41. The first-order chi connectivity index (χ1) is 6.24. The SMILES string of the molecule is CCC(NC(=O)S)c1ccccc1. The molecule has 3 heteroatoms. The van der Waals surface area contributed by atoms with E-state index in [0.29, 0.717) is 0 Å². The van der Waals surface area contributed by atoms with Gasteiger partial charge in [-0.2, -0.15) is 0 Å². The Morgan fingerprint density at radius 3 is 2.54 bits per heavy atom. The lowest BCUT2D eigenvalue weighted by molar-refractivity contribution is 0.257. The van der Waals surface area contributed by atoms with Crippen molar-refractivity contribution in [2.75, 3.05) is 0 Å². The van der Waals surface area contributed by atoms with Gasteiger partial charge in [-0.1, -0.05) is 49.9 Å². The van der Waals surface area contributed by atoms with Gasteiger partial charge in [0.15, 0.2) is 0 Å². The molecule has 2 nitrogen and oxygen atoms in total. The lowest BCUT2D eigenvalue weighted by atomic mass is 10.1. The molecule has 0 saturated carbocycles. The Balaban J connectivity index is 2.73. The maximum atomic E-state index is 10.7. The highest BCUT2D eigenvalue weighted by molar-refractivity contribution is 7.96. The molecule has 0 aromatic heterocycles. The highest BCUT2D eigenvalue weighted by Crippen LogP contribution is 2.15. The Morgan fingerprint density at radius 1 is 1.46 bits per heavy atom. The molecule has 1 rings (SSSR count). The molecule has 1 aromatic carbocycles. The predicted molar refractivity (Wildman–Crippen MR) is 57.0 cm³/mol. The van der Waals surface area contributed by atoms with E-state index in [2.05, 4.69) is 17.9 Å². The van der Waals surface area contributed by atoms with Gasteiger partial charge in [0.05, 0.1) is 6.04 Å². The average molecular weight is 195 g/mol. The van der Waals surface area contributed by atoms with Crippen molar-refractivity contribution in [3.63, 3.8) is 0 Å². The van der Waals surface area contributed by atoms with Gasteiger partial charge in [-0.25, -0.2) is 0 Å². The monoisotopic (exact) mass is 195 g/mol. The van der Waals surface area contributed by atoms with Crippen LogP contribution in [0, 0.1) is 0 Å². The first-order valence-corrected chi connectivity index (χ1v) is 4.73. The molecule has 1 amide bonds. The Hall–Kier alpha value is -0.960. The molecule has 13 heavy (non-hydrogen) atoms. The van der Waals surface area contributed by atoms with E-state index in [9.17, 15) is 4.79 Å². The molecule has 1 aromatic rings. The van der Waals surface area contributed by atoms with Gasteiger partial charge >= 0.3 is 0 Å². The number of nitrogens with one attached hydrogen (secondary N) is 1. The van der Waals surface area contributed by atoms with Crippen LogP contribution in [0.1, 0.15) is 24.9 Å². The quantitative estimate of drug-likeness (QED) is 0.713. The summed E-state index contributed by atoms with van der Waals surface area (Å²) in [6.45, 7) is 2.03. The molecule has 0 fully saturated rings. The molecule has 0 saturated heterocycles. The second-order valence-corrected chi connectivity index (χ2v) is 3.23. The lowest BCUT2D eigenvalue weighted by Gasteiger charge is -2.15. The number of hydrogen-bond acceptors (Lipinski definition) is 1. The second kappa shape index (κ2) is 4.92. The van der Waals surface area contributed by atoms with Crippen LogP contribution in [-0.2, 0) is 0 Å². The summed E-state index contributed by atoms with van der Waals surface area (Å²) in [5.41, 5.74) is 1.12. The highest BCUT2D eigenvalue weighted by atomic mass is 32.1. The molecule has 0 spiro atoms. The van der Waals surface area contributed by atoms with Gasteiger partial charge in [0.2, 0.25) is 0 Å². The van der Waals surface area contributed by atoms with E-state index in [1.807, 2.05) is 37.3 Å². The van der Waals surface area contributed by atoms with E-state index in [-0.39, 0.29) is 11.3 Å². The summed E-state index contributed by atoms with van der Waals surface area (Å²) in [4.78, 5) is 10.7. The van der Waals surface area contributed by atoms with Crippen molar-refractivity contribution >= 4 is 17.9 Å². The topological polar surface area (TPSA) is 29.1 Å². The van der Waals surface area contributed by atoms with Crippen LogP contribution in [0.25, 0.3) is 0 Å². The Morgan fingerprint density at radius 2 is 2.08 bits per heavy atom. The number of carbonyl (C=O) groups is 1. The zero-order valence-corrected chi connectivity index (χ0v) is 8.42. The summed E-state index contributed by atoms with van der Waals surface area (Å²) < 4.78 is 0. The Labute approximate surface area is 83.8 Å². The largest absolute Gasteiger partial charge is 0.340 e. The third-order valence-electron chi connectivity index (χ3n) is 1.91. The number of thiol groups is 1. The van der Waals surface area contributed by atoms with E-state index in [1.165, 1.54) is 0 Å². The van der Waals surface area contributed by atoms with Crippen molar-refractivity contribution in [2.45, 2.75) is 19.4 Å². The van der Waals surface area contributed by atoms with Crippen LogP contribution >= 0.6 is 12.6 Å². The van der Waals surface area contributed by atoms with Crippen LogP contribution in [0.5, 0.6) is 0 Å². The van der Waals surface area contributed by atoms with Gasteiger partial charge in [0.1, 0.15) is 0 Å². The summed E-state index contributed by atoms with van der Waals surface area (Å²) >= 11 is 3.69. The lowest BCUT2D eigenvalue weighted by Crippen LogP contribution is -2.22. The molecule has 0 radical (unpaired) electrons. The summed E-state index contributed by atoms with van der Waals surface area (Å²) in [7, 11) is 0. The highest BCUT2D eigenvalue weighted by Gasteiger charge is 2.08. The van der Waals surface area contributed by atoms with Gasteiger partial charge in [-0.15, -0.1) is 0 Å². The fourth-order valence-electron chi connectivity index (χ4n) is 1.26. The standard InChI is InChI=1S/C10H13NOS/c1-2-9(11-10(12)13)8-6-4-3-5-7-8/h3-7,9H,2H2,1H3,(H2,11,12,13). The fraction of sp³-hybridized carbons (Fsp3) is 0.300. The number of rotatable bonds is 3. The minimum atomic E-state index is -0.282. The molecule has 70 valence electrons. The van der Waals surface area contributed by atoms with Crippen molar-refractivity contribution in [3.05, 3.63) is 35.9 Å². The van der Waals surface area contributed by atoms with Gasteiger partial charge in [0.25, 0.3) is 5.24 Å². The molecule has 1 unspecified atom stereocenters. The van der Waals surface area contributed by atoms with Crippen LogP contribution in [0.4, 0.5) is 4.79 Å². The smallest absolute Gasteiger partial charge is 0.276 e. The minimum absolute atomic E-state index is 0.0752. The summed E-state index contributed by atoms with van der Waals surface area (Å²) in [5.74, 6) is 0. The van der Waals surface area contributed by atoms with Crippen LogP contribution < -0.4 is 5.32 Å². The predicted octanol–water partition coefficient (Wildman–Crippen LogP) is 2.78. The van der Waals surface area contributed by atoms with Crippen molar-refractivity contribution in [3.8, 4) is 0 Å². The third-order valence-corrected chi connectivity index (χ3v) is 2.04. The van der Waals surface area contributed by atoms with E-state index in [0.717, 1.165) is 12.0 Å². The molecule has 0 heterocycles. The third kappa shape index (κ3) is 3.11. The van der Waals surface area contributed by atoms with E-state index in [4.69, 9.17) is 0 Å². The molecule has 0 aliphatic rings. The first-order valence-electron chi connectivity index (χ1n) is 4.28. The number of hydrogen-bond donors (Lipinski definition) is 2. The molecule has 0 bridgehead atoms. The van der Waals surface area contributed by atoms with Crippen molar-refractivity contribution in [1.29, 1.82) is 0 Å². The molecule has 0 aliphatic heterocycles. The van der Waals surface area contributed by atoms with Gasteiger partial charge in [0, 0.05) is 0 Å². The number of benzene rings is 1. The van der Waals surface area contributed by atoms with Crippen molar-refractivity contribution in [1.82, 2.24) is 5.32 Å². The Bertz CT molecular complexity index is 274. The van der Waals surface area contributed by atoms with Crippen molar-refractivity contribution < 1.29 is 4.79 Å². The van der Waals surface area contributed by atoms with Crippen LogP contribution in [-0.4, -0.2) is 5.24 Å². The first kappa shape index (κ1) is 10.1. The minimum Gasteiger partial charge on any atom is -0.340 e. The number of carbonyl (C=O) groups excluding carboxylic acids is 1. The van der Waals surface area contributed by atoms with Crippen LogP contribution in [0.2, 0.25) is 0 Å². The van der Waals surface area contributed by atoms with E-state index in [1.54, 1.807) is 0 Å². The zero-order chi connectivity index (χ0) is 9.68. The normalized spacial score (nSPS) is 12.2. The second-order valence-electron chi connectivity index (χ2n) is 2.82. The average Bonchev–Trinajstić information content (AvgIpc) is 2.15. The Kier molecular flexibility index (Phi) is 3.83.